The van der Waals surface area contributed by atoms with E-state index in [0.717, 1.165) is 12.1 Å². The van der Waals surface area contributed by atoms with E-state index in [1.54, 1.807) is 0 Å². The predicted molar refractivity (Wildman–Crippen MR) is 46.9 cm³/mol. The Morgan fingerprint density at radius 1 is 1.23 bits per heavy atom. The lowest BCUT2D eigenvalue weighted by Gasteiger charge is -2.17. The minimum atomic E-state index is -2.77. The van der Waals surface area contributed by atoms with E-state index in [2.05, 4.69) is 0 Å². The molecule has 0 spiro atoms. The van der Waals surface area contributed by atoms with E-state index in [-0.39, 0.29) is 5.56 Å². The molecule has 1 rings (SSSR count). The van der Waals surface area contributed by atoms with E-state index in [9.17, 15) is 13.9 Å². The number of benzene rings is 1. The van der Waals surface area contributed by atoms with Crippen molar-refractivity contribution in [2.75, 3.05) is 0 Å². The highest BCUT2D eigenvalue weighted by atomic mass is 35.5. The first-order valence-electron chi connectivity index (χ1n) is 3.41. The van der Waals surface area contributed by atoms with Gasteiger partial charge in [0.15, 0.2) is 0 Å². The summed E-state index contributed by atoms with van der Waals surface area (Å²) in [5.41, 5.74) is 0.119. The summed E-state index contributed by atoms with van der Waals surface area (Å²) in [6.45, 7) is 0. The summed E-state index contributed by atoms with van der Waals surface area (Å²) in [5, 5.41) is 9.19. The molecule has 0 aliphatic rings. The van der Waals surface area contributed by atoms with Crippen LogP contribution in [0.5, 0.6) is 0 Å². The zero-order chi connectivity index (χ0) is 10.1. The molecule has 0 fully saturated rings. The van der Waals surface area contributed by atoms with Gasteiger partial charge in [0.2, 0.25) is 0 Å². The first-order chi connectivity index (χ1) is 5.91. The maximum Gasteiger partial charge on any atom is 0.287 e. The number of aliphatic hydroxyl groups is 1. The second-order valence-electron chi connectivity index (χ2n) is 2.50. The lowest BCUT2D eigenvalue weighted by Crippen LogP contribution is -2.17. The van der Waals surface area contributed by atoms with Crippen molar-refractivity contribution in [3.63, 3.8) is 0 Å². The molecule has 1 aromatic rings. The molecule has 0 unspecified atom stereocenters. The molecule has 72 valence electrons. The van der Waals surface area contributed by atoms with Crippen molar-refractivity contribution < 1.29 is 13.9 Å². The third kappa shape index (κ3) is 2.79. The number of hydrogen-bond donors (Lipinski definition) is 1. The molecule has 0 heterocycles. The predicted octanol–water partition coefficient (Wildman–Crippen LogP) is 2.96. The standard InChI is InChI=1S/C8H6Cl2F2O/c9-8(10,12)7(13)5-1-3-6(11)4-2-5/h1-4,7,13H/t7-/m0/s1. The summed E-state index contributed by atoms with van der Waals surface area (Å²) >= 11 is 10.0. The second kappa shape index (κ2) is 3.78. The van der Waals surface area contributed by atoms with Gasteiger partial charge in [-0.2, -0.15) is 0 Å². The highest BCUT2D eigenvalue weighted by Crippen LogP contribution is 2.36. The van der Waals surface area contributed by atoms with Crippen LogP contribution < -0.4 is 0 Å². The van der Waals surface area contributed by atoms with E-state index in [4.69, 9.17) is 23.2 Å². The quantitative estimate of drug-likeness (QED) is 0.770. The Labute approximate surface area is 83.9 Å². The Bertz CT molecular complexity index is 281. The van der Waals surface area contributed by atoms with Gasteiger partial charge in [0, 0.05) is 0 Å². The summed E-state index contributed by atoms with van der Waals surface area (Å²) in [6.07, 6.45) is -1.68. The van der Waals surface area contributed by atoms with Crippen LogP contribution in [0.1, 0.15) is 11.7 Å². The Hall–Kier alpha value is -0.380. The average molecular weight is 227 g/mol. The SMILES string of the molecule is O[C@@H](c1ccc(F)cc1)C(F)(Cl)Cl. The summed E-state index contributed by atoms with van der Waals surface area (Å²) in [4.78, 5) is 0. The molecule has 0 aliphatic carbocycles. The van der Waals surface area contributed by atoms with Crippen LogP contribution in [0, 0.1) is 5.82 Å². The molecule has 0 aliphatic heterocycles. The van der Waals surface area contributed by atoms with Crippen molar-refractivity contribution in [1.82, 2.24) is 0 Å². The van der Waals surface area contributed by atoms with E-state index >= 15 is 0 Å². The molecule has 0 aromatic heterocycles. The molecule has 0 bridgehead atoms. The Balaban J connectivity index is 2.90. The van der Waals surface area contributed by atoms with E-state index in [1.165, 1.54) is 12.1 Å². The molecule has 1 nitrogen and oxygen atoms in total. The van der Waals surface area contributed by atoms with Crippen molar-refractivity contribution in [2.45, 2.75) is 10.7 Å². The van der Waals surface area contributed by atoms with Gasteiger partial charge in [-0.15, -0.1) is 0 Å². The monoisotopic (exact) mass is 226 g/mol. The lowest BCUT2D eigenvalue weighted by atomic mass is 10.1. The average Bonchev–Trinajstić information content (AvgIpc) is 2.03. The van der Waals surface area contributed by atoms with Crippen molar-refractivity contribution in [3.8, 4) is 0 Å². The van der Waals surface area contributed by atoms with Gasteiger partial charge in [0.05, 0.1) is 0 Å². The maximum absolute atomic E-state index is 12.8. The van der Waals surface area contributed by atoms with Crippen LogP contribution in [0.4, 0.5) is 8.78 Å². The van der Waals surface area contributed by atoms with Gasteiger partial charge in [0.1, 0.15) is 11.9 Å². The largest absolute Gasteiger partial charge is 0.382 e. The summed E-state index contributed by atoms with van der Waals surface area (Å²) < 4.78 is 22.4. The zero-order valence-electron chi connectivity index (χ0n) is 6.35. The second-order valence-corrected chi connectivity index (χ2v) is 3.79. The fourth-order valence-electron chi connectivity index (χ4n) is 0.834. The first-order valence-corrected chi connectivity index (χ1v) is 4.17. The fourth-order valence-corrected chi connectivity index (χ4v) is 1.09. The highest BCUT2D eigenvalue weighted by Gasteiger charge is 2.34. The van der Waals surface area contributed by atoms with Crippen molar-refractivity contribution >= 4 is 23.2 Å². The van der Waals surface area contributed by atoms with Crippen molar-refractivity contribution in [2.24, 2.45) is 0 Å². The van der Waals surface area contributed by atoms with E-state index < -0.39 is 16.5 Å². The Kier molecular flexibility index (Phi) is 3.11. The minimum Gasteiger partial charge on any atom is -0.382 e. The normalized spacial score (nSPS) is 14.2. The number of hydrogen-bond acceptors (Lipinski definition) is 1. The molecule has 0 amide bonds. The summed E-state index contributed by atoms with van der Waals surface area (Å²) in [6, 6.07) is 4.58. The molecule has 0 saturated heterocycles. The van der Waals surface area contributed by atoms with Crippen LogP contribution in [0.2, 0.25) is 0 Å². The third-order valence-corrected chi connectivity index (χ3v) is 1.91. The number of rotatable bonds is 2. The van der Waals surface area contributed by atoms with Gasteiger partial charge >= 0.3 is 0 Å². The van der Waals surface area contributed by atoms with Crippen LogP contribution in [0.3, 0.4) is 0 Å². The molecule has 0 radical (unpaired) electrons. The topological polar surface area (TPSA) is 20.2 Å². The van der Waals surface area contributed by atoms with Crippen LogP contribution in [0.25, 0.3) is 0 Å². The number of aliphatic hydroxyl groups excluding tert-OH is 1. The molecule has 5 heteroatoms. The van der Waals surface area contributed by atoms with Gasteiger partial charge in [-0.1, -0.05) is 35.3 Å². The van der Waals surface area contributed by atoms with Gasteiger partial charge in [-0.3, -0.25) is 0 Å². The van der Waals surface area contributed by atoms with E-state index in [1.807, 2.05) is 0 Å². The summed E-state index contributed by atoms with van der Waals surface area (Å²) in [5.74, 6) is -0.482. The van der Waals surface area contributed by atoms with E-state index in [0.29, 0.717) is 0 Å². The maximum atomic E-state index is 12.8. The van der Waals surface area contributed by atoms with Crippen molar-refractivity contribution in [3.05, 3.63) is 35.6 Å². The molecule has 1 atom stereocenters. The minimum absolute atomic E-state index is 0.119. The van der Waals surface area contributed by atoms with Crippen LogP contribution in [0.15, 0.2) is 24.3 Å². The third-order valence-electron chi connectivity index (χ3n) is 1.50. The van der Waals surface area contributed by atoms with Gasteiger partial charge in [-0.25, -0.2) is 8.78 Å². The zero-order valence-corrected chi connectivity index (χ0v) is 7.86. The first kappa shape index (κ1) is 10.7. The molecule has 1 aromatic carbocycles. The smallest absolute Gasteiger partial charge is 0.287 e. The molecular weight excluding hydrogens is 221 g/mol. The molecule has 1 N–H and O–H groups in total. The fraction of sp³-hybridized carbons (Fsp3) is 0.250. The van der Waals surface area contributed by atoms with Crippen LogP contribution in [-0.2, 0) is 0 Å². The summed E-state index contributed by atoms with van der Waals surface area (Å²) in [7, 11) is 0. The van der Waals surface area contributed by atoms with Gasteiger partial charge in [-0.05, 0) is 17.7 Å². The Morgan fingerprint density at radius 2 is 1.69 bits per heavy atom. The Morgan fingerprint density at radius 3 is 2.08 bits per heavy atom. The number of halogens is 4. The molecule has 13 heavy (non-hydrogen) atoms. The van der Waals surface area contributed by atoms with Crippen molar-refractivity contribution in [1.29, 1.82) is 0 Å². The van der Waals surface area contributed by atoms with Gasteiger partial charge < -0.3 is 5.11 Å². The molecular formula is C8H6Cl2F2O. The highest BCUT2D eigenvalue weighted by molar-refractivity contribution is 6.47. The van der Waals surface area contributed by atoms with Gasteiger partial charge in [0.25, 0.3) is 4.59 Å². The van der Waals surface area contributed by atoms with Crippen LogP contribution >= 0.6 is 23.2 Å². The number of alkyl halides is 3. The molecule has 0 saturated carbocycles. The lowest BCUT2D eigenvalue weighted by molar-refractivity contribution is 0.0979. The van der Waals surface area contributed by atoms with Crippen LogP contribution in [-0.4, -0.2) is 9.69 Å².